The second kappa shape index (κ2) is 10.1. The molecular formula is C26H24N2O4S2. The average Bonchev–Trinajstić information content (AvgIpc) is 2.85. The van der Waals surface area contributed by atoms with Gasteiger partial charge >= 0.3 is 0 Å². The van der Waals surface area contributed by atoms with Crippen LogP contribution in [0.5, 0.6) is 0 Å². The van der Waals surface area contributed by atoms with Gasteiger partial charge in [-0.3, -0.25) is 9.44 Å². The van der Waals surface area contributed by atoms with E-state index in [1.54, 1.807) is 84.9 Å². The van der Waals surface area contributed by atoms with Crippen LogP contribution < -0.4 is 9.44 Å². The molecule has 0 atom stereocenters. The van der Waals surface area contributed by atoms with Gasteiger partial charge in [-0.15, -0.1) is 0 Å². The van der Waals surface area contributed by atoms with Crippen molar-refractivity contribution < 1.29 is 16.8 Å². The number of hydrogen-bond donors (Lipinski definition) is 2. The van der Waals surface area contributed by atoms with Gasteiger partial charge < -0.3 is 0 Å². The largest absolute Gasteiger partial charge is 0.280 e. The number of anilines is 2. The van der Waals surface area contributed by atoms with Crippen LogP contribution in [-0.2, 0) is 32.9 Å². The summed E-state index contributed by atoms with van der Waals surface area (Å²) in [5.74, 6) is 0. The molecule has 0 saturated carbocycles. The zero-order valence-corrected chi connectivity index (χ0v) is 19.9. The van der Waals surface area contributed by atoms with Gasteiger partial charge in [-0.2, -0.15) is 0 Å². The molecule has 174 valence electrons. The fourth-order valence-electron chi connectivity index (χ4n) is 3.40. The summed E-state index contributed by atoms with van der Waals surface area (Å²) in [6, 6.07) is 31.0. The lowest BCUT2D eigenvalue weighted by Crippen LogP contribution is -2.12. The number of aryl methyl sites for hydroxylation is 2. The molecule has 0 aliphatic rings. The Kier molecular flexibility index (Phi) is 7.00. The molecular weight excluding hydrogens is 468 g/mol. The van der Waals surface area contributed by atoms with E-state index in [1.807, 2.05) is 24.3 Å². The number of benzene rings is 4. The molecule has 0 unspecified atom stereocenters. The first-order valence-corrected chi connectivity index (χ1v) is 13.6. The predicted molar refractivity (Wildman–Crippen MR) is 135 cm³/mol. The van der Waals surface area contributed by atoms with Crippen molar-refractivity contribution in [2.24, 2.45) is 0 Å². The van der Waals surface area contributed by atoms with E-state index in [0.717, 1.165) is 24.0 Å². The highest BCUT2D eigenvalue weighted by Crippen LogP contribution is 2.19. The van der Waals surface area contributed by atoms with Crippen molar-refractivity contribution in [1.29, 1.82) is 0 Å². The molecule has 0 heterocycles. The molecule has 4 rings (SSSR count). The zero-order chi connectivity index (χ0) is 24.0. The minimum Gasteiger partial charge on any atom is -0.280 e. The molecule has 0 fully saturated rings. The molecule has 2 N–H and O–H groups in total. The molecule has 0 saturated heterocycles. The smallest absolute Gasteiger partial charge is 0.261 e. The Morgan fingerprint density at radius 3 is 1.09 bits per heavy atom. The maximum atomic E-state index is 12.4. The first-order chi connectivity index (χ1) is 16.3. The highest BCUT2D eigenvalue weighted by atomic mass is 32.2. The second-order valence-electron chi connectivity index (χ2n) is 7.73. The molecule has 0 spiro atoms. The van der Waals surface area contributed by atoms with E-state index >= 15 is 0 Å². The van der Waals surface area contributed by atoms with Crippen molar-refractivity contribution in [3.8, 4) is 0 Å². The minimum atomic E-state index is -3.62. The van der Waals surface area contributed by atoms with Gasteiger partial charge in [0.25, 0.3) is 20.0 Å². The van der Waals surface area contributed by atoms with Crippen LogP contribution in [0.15, 0.2) is 119 Å². The average molecular weight is 493 g/mol. The van der Waals surface area contributed by atoms with Crippen LogP contribution in [0.1, 0.15) is 11.1 Å². The van der Waals surface area contributed by atoms with E-state index in [1.165, 1.54) is 0 Å². The number of sulfonamides is 2. The molecule has 0 radical (unpaired) electrons. The second-order valence-corrected chi connectivity index (χ2v) is 11.1. The van der Waals surface area contributed by atoms with Crippen molar-refractivity contribution in [3.63, 3.8) is 0 Å². The Morgan fingerprint density at radius 2 is 0.765 bits per heavy atom. The first-order valence-electron chi connectivity index (χ1n) is 10.7. The molecule has 8 heteroatoms. The number of hydrogen-bond acceptors (Lipinski definition) is 4. The standard InChI is InChI=1S/C26H24N2O4S2/c29-33(30,25-7-3-1-4-8-25)27-23-17-13-21(14-18-23)11-12-22-15-19-24(20-16-22)28-34(31,32)26-9-5-2-6-10-26/h1-10,13-20,27-28H,11-12H2. The molecule has 0 aliphatic carbocycles. The number of nitrogens with one attached hydrogen (secondary N) is 2. The third-order valence-electron chi connectivity index (χ3n) is 5.22. The van der Waals surface area contributed by atoms with Crippen LogP contribution in [0.2, 0.25) is 0 Å². The fourth-order valence-corrected chi connectivity index (χ4v) is 5.55. The van der Waals surface area contributed by atoms with Gasteiger partial charge in [-0.1, -0.05) is 60.7 Å². The van der Waals surface area contributed by atoms with Crippen LogP contribution >= 0.6 is 0 Å². The summed E-state index contributed by atoms with van der Waals surface area (Å²) in [5.41, 5.74) is 3.14. The van der Waals surface area contributed by atoms with Gasteiger partial charge in [-0.25, -0.2) is 16.8 Å². The molecule has 34 heavy (non-hydrogen) atoms. The maximum absolute atomic E-state index is 12.4. The molecule has 4 aromatic rings. The van der Waals surface area contributed by atoms with E-state index in [9.17, 15) is 16.8 Å². The maximum Gasteiger partial charge on any atom is 0.261 e. The Bertz CT molecular complexity index is 1320. The van der Waals surface area contributed by atoms with Crippen molar-refractivity contribution in [2.45, 2.75) is 22.6 Å². The summed E-state index contributed by atoms with van der Waals surface area (Å²) >= 11 is 0. The molecule has 6 nitrogen and oxygen atoms in total. The summed E-state index contributed by atoms with van der Waals surface area (Å²) in [6.07, 6.45) is 1.53. The number of rotatable bonds is 9. The molecule has 4 aromatic carbocycles. The van der Waals surface area contributed by atoms with Gasteiger partial charge in [0, 0.05) is 11.4 Å². The lowest BCUT2D eigenvalue weighted by Gasteiger charge is -2.10. The van der Waals surface area contributed by atoms with Gasteiger partial charge in [0.2, 0.25) is 0 Å². The van der Waals surface area contributed by atoms with Gasteiger partial charge in [0.15, 0.2) is 0 Å². The van der Waals surface area contributed by atoms with Gasteiger partial charge in [0.05, 0.1) is 9.79 Å². The quantitative estimate of drug-likeness (QED) is 0.341. The third kappa shape index (κ3) is 6.03. The summed E-state index contributed by atoms with van der Waals surface area (Å²) < 4.78 is 54.9. The Labute approximate surface area is 200 Å². The highest BCUT2D eigenvalue weighted by Gasteiger charge is 2.14. The van der Waals surface area contributed by atoms with Crippen LogP contribution in [-0.4, -0.2) is 16.8 Å². The lowest BCUT2D eigenvalue weighted by molar-refractivity contribution is 0.599. The van der Waals surface area contributed by atoms with E-state index < -0.39 is 20.0 Å². The summed E-state index contributed by atoms with van der Waals surface area (Å²) in [6.45, 7) is 0. The van der Waals surface area contributed by atoms with E-state index in [0.29, 0.717) is 11.4 Å². The van der Waals surface area contributed by atoms with Crippen molar-refractivity contribution in [3.05, 3.63) is 120 Å². The minimum absolute atomic E-state index is 0.216. The Morgan fingerprint density at radius 1 is 0.441 bits per heavy atom. The SMILES string of the molecule is O=S(=O)(Nc1ccc(CCc2ccc(NS(=O)(=O)c3ccccc3)cc2)cc1)c1ccccc1. The molecule has 0 amide bonds. The Hall–Kier alpha value is -3.62. The third-order valence-corrected chi connectivity index (χ3v) is 8.02. The van der Waals surface area contributed by atoms with E-state index in [4.69, 9.17) is 0 Å². The fraction of sp³-hybridized carbons (Fsp3) is 0.0769. The van der Waals surface area contributed by atoms with Crippen molar-refractivity contribution in [2.75, 3.05) is 9.44 Å². The van der Waals surface area contributed by atoms with Crippen molar-refractivity contribution in [1.82, 2.24) is 0 Å². The summed E-state index contributed by atoms with van der Waals surface area (Å²) in [7, 11) is -7.23. The molecule has 0 bridgehead atoms. The van der Waals surface area contributed by atoms with Gasteiger partial charge in [-0.05, 0) is 72.5 Å². The van der Waals surface area contributed by atoms with Crippen LogP contribution in [0.4, 0.5) is 11.4 Å². The summed E-state index contributed by atoms with van der Waals surface area (Å²) in [4.78, 5) is 0.433. The van der Waals surface area contributed by atoms with Crippen LogP contribution in [0.25, 0.3) is 0 Å². The monoisotopic (exact) mass is 492 g/mol. The topological polar surface area (TPSA) is 92.3 Å². The first kappa shape index (κ1) is 23.5. The van der Waals surface area contributed by atoms with Crippen LogP contribution in [0, 0.1) is 0 Å². The van der Waals surface area contributed by atoms with Gasteiger partial charge in [0.1, 0.15) is 0 Å². The predicted octanol–water partition coefficient (Wildman–Crippen LogP) is 5.07. The zero-order valence-electron chi connectivity index (χ0n) is 18.3. The van der Waals surface area contributed by atoms with E-state index in [2.05, 4.69) is 9.44 Å². The lowest BCUT2D eigenvalue weighted by atomic mass is 10.0. The van der Waals surface area contributed by atoms with Crippen molar-refractivity contribution >= 4 is 31.4 Å². The summed E-state index contributed by atoms with van der Waals surface area (Å²) in [5, 5.41) is 0. The normalized spacial score (nSPS) is 11.6. The molecule has 0 aromatic heterocycles. The van der Waals surface area contributed by atoms with E-state index in [-0.39, 0.29) is 9.79 Å². The Balaban J connectivity index is 1.33. The van der Waals surface area contributed by atoms with Crippen LogP contribution in [0.3, 0.4) is 0 Å². The highest BCUT2D eigenvalue weighted by molar-refractivity contribution is 7.93. The molecule has 0 aliphatic heterocycles.